The van der Waals surface area contributed by atoms with Crippen LogP contribution in [0.25, 0.3) is 11.4 Å². The number of fused-ring (bicyclic) bond motifs is 1. The Morgan fingerprint density at radius 1 is 1.24 bits per heavy atom. The summed E-state index contributed by atoms with van der Waals surface area (Å²) in [7, 11) is 0. The molecule has 2 aromatic rings. The largest absolute Gasteiger partial charge is 0.317 e. The molecule has 0 radical (unpaired) electrons. The summed E-state index contributed by atoms with van der Waals surface area (Å²) in [5.74, 6) is 1.55. The molecule has 4 heteroatoms. The van der Waals surface area contributed by atoms with Crippen LogP contribution in [0.4, 0.5) is 0 Å². The number of aryl methyl sites for hydroxylation is 2. The third-order valence-corrected chi connectivity index (χ3v) is 4.20. The third-order valence-electron chi connectivity index (χ3n) is 4.20. The number of hydrogen-bond acceptors (Lipinski definition) is 4. The summed E-state index contributed by atoms with van der Waals surface area (Å²) in [6.45, 7) is 6.41. The lowest BCUT2D eigenvalue weighted by Crippen LogP contribution is -2.28. The van der Waals surface area contributed by atoms with Gasteiger partial charge in [-0.2, -0.15) is 0 Å². The van der Waals surface area contributed by atoms with Gasteiger partial charge in [0, 0.05) is 29.3 Å². The molecule has 0 fully saturated rings. The predicted molar refractivity (Wildman–Crippen MR) is 84.1 cm³/mol. The summed E-state index contributed by atoms with van der Waals surface area (Å²) in [5.41, 5.74) is 4.78. The highest BCUT2D eigenvalue weighted by atomic mass is 14.9. The molecule has 110 valence electrons. The van der Waals surface area contributed by atoms with Gasteiger partial charge in [-0.3, -0.25) is 4.98 Å². The van der Waals surface area contributed by atoms with Crippen LogP contribution in [0.1, 0.15) is 30.3 Å². The third kappa shape index (κ3) is 3.10. The Kier molecular flexibility index (Phi) is 4.25. The van der Waals surface area contributed by atoms with Gasteiger partial charge in [0.2, 0.25) is 0 Å². The lowest BCUT2D eigenvalue weighted by molar-refractivity contribution is 0.423. The quantitative estimate of drug-likeness (QED) is 0.936. The van der Waals surface area contributed by atoms with Crippen LogP contribution in [0.3, 0.4) is 0 Å². The predicted octanol–water partition coefficient (Wildman–Crippen LogP) is 2.56. The fraction of sp³-hybridized carbons (Fsp3) is 0.471. The smallest absolute Gasteiger partial charge is 0.159 e. The van der Waals surface area contributed by atoms with Crippen LogP contribution in [0, 0.1) is 12.8 Å². The highest BCUT2D eigenvalue weighted by Gasteiger charge is 2.22. The first-order chi connectivity index (χ1) is 10.3. The number of nitrogens with one attached hydrogen (secondary N) is 1. The maximum Gasteiger partial charge on any atom is 0.159 e. The minimum atomic E-state index is 0.714. The molecule has 0 aliphatic heterocycles. The Bertz CT molecular complexity index is 610. The van der Waals surface area contributed by atoms with Crippen molar-refractivity contribution >= 4 is 0 Å². The number of nitrogens with zero attached hydrogens (tertiary/aromatic N) is 3. The van der Waals surface area contributed by atoms with E-state index < -0.39 is 0 Å². The monoisotopic (exact) mass is 282 g/mol. The van der Waals surface area contributed by atoms with E-state index in [0.29, 0.717) is 5.92 Å². The van der Waals surface area contributed by atoms with Crippen LogP contribution >= 0.6 is 0 Å². The highest BCUT2D eigenvalue weighted by molar-refractivity contribution is 5.54. The van der Waals surface area contributed by atoms with Gasteiger partial charge in [0.1, 0.15) is 0 Å². The van der Waals surface area contributed by atoms with Gasteiger partial charge < -0.3 is 5.32 Å². The summed E-state index contributed by atoms with van der Waals surface area (Å²) < 4.78 is 0. The van der Waals surface area contributed by atoms with E-state index in [9.17, 15) is 0 Å². The number of hydrogen-bond donors (Lipinski definition) is 1. The molecule has 0 amide bonds. The van der Waals surface area contributed by atoms with Crippen LogP contribution in [0.15, 0.2) is 24.5 Å². The van der Waals surface area contributed by atoms with Gasteiger partial charge in [-0.1, -0.05) is 6.92 Å². The first-order valence-corrected chi connectivity index (χ1v) is 7.75. The van der Waals surface area contributed by atoms with Gasteiger partial charge in [0.05, 0.1) is 0 Å². The van der Waals surface area contributed by atoms with E-state index in [-0.39, 0.29) is 0 Å². The van der Waals surface area contributed by atoms with E-state index in [2.05, 4.69) is 24.1 Å². The molecule has 1 aliphatic rings. The van der Waals surface area contributed by atoms with Gasteiger partial charge in [-0.05, 0) is 62.9 Å². The molecule has 4 nitrogen and oxygen atoms in total. The molecule has 2 heterocycles. The molecule has 0 saturated carbocycles. The molecular formula is C17H22N4. The van der Waals surface area contributed by atoms with Gasteiger partial charge in [-0.15, -0.1) is 0 Å². The van der Waals surface area contributed by atoms with Gasteiger partial charge >= 0.3 is 0 Å². The van der Waals surface area contributed by atoms with Crippen molar-refractivity contribution in [1.82, 2.24) is 20.3 Å². The summed E-state index contributed by atoms with van der Waals surface area (Å²) in [5, 5.41) is 3.46. The SMILES string of the molecule is CCNCC1CCc2nc(-c3ccncc3)nc(C)c2C1. The Morgan fingerprint density at radius 3 is 2.81 bits per heavy atom. The molecule has 1 unspecified atom stereocenters. The second-order valence-corrected chi connectivity index (χ2v) is 5.71. The number of rotatable bonds is 4. The first-order valence-electron chi connectivity index (χ1n) is 7.75. The fourth-order valence-corrected chi connectivity index (χ4v) is 3.01. The average molecular weight is 282 g/mol. The molecule has 21 heavy (non-hydrogen) atoms. The summed E-state index contributed by atoms with van der Waals surface area (Å²) in [6.07, 6.45) is 6.96. The van der Waals surface area contributed by atoms with Crippen molar-refractivity contribution in [2.24, 2.45) is 5.92 Å². The Balaban J connectivity index is 1.87. The summed E-state index contributed by atoms with van der Waals surface area (Å²) >= 11 is 0. The molecular weight excluding hydrogens is 260 g/mol. The Morgan fingerprint density at radius 2 is 2.05 bits per heavy atom. The normalized spacial score (nSPS) is 17.5. The lowest BCUT2D eigenvalue weighted by Gasteiger charge is -2.25. The van der Waals surface area contributed by atoms with E-state index in [1.807, 2.05) is 12.1 Å². The fourth-order valence-electron chi connectivity index (χ4n) is 3.01. The molecule has 1 aliphatic carbocycles. The molecule has 0 bridgehead atoms. The van der Waals surface area contributed by atoms with E-state index >= 15 is 0 Å². The van der Waals surface area contributed by atoms with E-state index in [1.54, 1.807) is 12.4 Å². The van der Waals surface area contributed by atoms with Gasteiger partial charge in [-0.25, -0.2) is 9.97 Å². The van der Waals surface area contributed by atoms with Crippen LogP contribution in [0.5, 0.6) is 0 Å². The standard InChI is InChI=1S/C17H22N4/c1-3-18-11-13-4-5-16-15(10-13)12(2)20-17(21-16)14-6-8-19-9-7-14/h6-9,13,18H,3-5,10-11H2,1-2H3. The average Bonchev–Trinajstić information content (AvgIpc) is 2.54. The minimum Gasteiger partial charge on any atom is -0.317 e. The topological polar surface area (TPSA) is 50.7 Å². The van der Waals surface area contributed by atoms with E-state index in [0.717, 1.165) is 43.0 Å². The molecule has 3 rings (SSSR count). The van der Waals surface area contributed by atoms with E-state index in [4.69, 9.17) is 9.97 Å². The molecule has 0 spiro atoms. The molecule has 2 aromatic heterocycles. The molecule has 0 aromatic carbocycles. The maximum absolute atomic E-state index is 4.80. The van der Waals surface area contributed by atoms with Crippen LogP contribution in [0.2, 0.25) is 0 Å². The lowest BCUT2D eigenvalue weighted by atomic mass is 9.85. The molecule has 1 N–H and O–H groups in total. The summed E-state index contributed by atoms with van der Waals surface area (Å²) in [6, 6.07) is 3.94. The van der Waals surface area contributed by atoms with Crippen molar-refractivity contribution in [3.8, 4) is 11.4 Å². The molecule has 1 atom stereocenters. The zero-order valence-electron chi connectivity index (χ0n) is 12.8. The van der Waals surface area contributed by atoms with Crippen molar-refractivity contribution in [3.63, 3.8) is 0 Å². The second kappa shape index (κ2) is 6.31. The molecule has 0 saturated heterocycles. The van der Waals surface area contributed by atoms with Crippen molar-refractivity contribution in [2.75, 3.05) is 13.1 Å². The zero-order valence-corrected chi connectivity index (χ0v) is 12.8. The highest BCUT2D eigenvalue weighted by Crippen LogP contribution is 2.27. The Hall–Kier alpha value is -1.81. The van der Waals surface area contributed by atoms with Crippen LogP contribution in [-0.2, 0) is 12.8 Å². The number of pyridine rings is 1. The van der Waals surface area contributed by atoms with Crippen molar-refractivity contribution in [3.05, 3.63) is 41.5 Å². The van der Waals surface area contributed by atoms with Crippen molar-refractivity contribution < 1.29 is 0 Å². The minimum absolute atomic E-state index is 0.714. The van der Waals surface area contributed by atoms with Gasteiger partial charge in [0.15, 0.2) is 5.82 Å². The maximum atomic E-state index is 4.80. The summed E-state index contributed by atoms with van der Waals surface area (Å²) in [4.78, 5) is 13.6. The van der Waals surface area contributed by atoms with Crippen LogP contribution < -0.4 is 5.32 Å². The van der Waals surface area contributed by atoms with E-state index in [1.165, 1.54) is 17.7 Å². The Labute approximate surface area is 126 Å². The van der Waals surface area contributed by atoms with Crippen molar-refractivity contribution in [2.45, 2.75) is 33.1 Å². The first kappa shape index (κ1) is 14.1. The van der Waals surface area contributed by atoms with Crippen molar-refractivity contribution in [1.29, 1.82) is 0 Å². The number of aromatic nitrogens is 3. The second-order valence-electron chi connectivity index (χ2n) is 5.71. The van der Waals surface area contributed by atoms with Crippen LogP contribution in [-0.4, -0.2) is 28.0 Å². The van der Waals surface area contributed by atoms with Gasteiger partial charge in [0.25, 0.3) is 0 Å². The zero-order chi connectivity index (χ0) is 14.7.